The Morgan fingerprint density at radius 3 is 2.59 bits per heavy atom. The second-order valence-corrected chi connectivity index (χ2v) is 9.02. The number of pyridine rings is 1. The summed E-state index contributed by atoms with van der Waals surface area (Å²) in [4.78, 5) is 9.88. The van der Waals surface area contributed by atoms with Gasteiger partial charge in [-0.2, -0.15) is 5.10 Å². The van der Waals surface area contributed by atoms with Crippen LogP contribution < -0.4 is 10.6 Å². The van der Waals surface area contributed by atoms with Gasteiger partial charge in [-0.25, -0.2) is 4.98 Å². The van der Waals surface area contributed by atoms with Crippen molar-refractivity contribution >= 4 is 16.7 Å². The van der Waals surface area contributed by atoms with Crippen LogP contribution in [0.4, 0.5) is 5.69 Å². The van der Waals surface area contributed by atoms with E-state index in [1.54, 1.807) is 0 Å². The van der Waals surface area contributed by atoms with Crippen LogP contribution in [-0.2, 0) is 6.42 Å². The van der Waals surface area contributed by atoms with Gasteiger partial charge in [0.05, 0.1) is 11.2 Å². The van der Waals surface area contributed by atoms with E-state index in [-0.39, 0.29) is 6.04 Å². The number of aromatic nitrogens is 3. The van der Waals surface area contributed by atoms with Crippen molar-refractivity contribution in [2.75, 3.05) is 38.1 Å². The molecule has 3 heterocycles. The fourth-order valence-electron chi connectivity index (χ4n) is 5.07. The molecule has 1 unspecified atom stereocenters. The van der Waals surface area contributed by atoms with E-state index in [4.69, 9.17) is 10.7 Å². The first-order valence-electron chi connectivity index (χ1n) is 11.4. The van der Waals surface area contributed by atoms with Crippen LogP contribution in [0.2, 0.25) is 0 Å². The molecule has 2 aromatic heterocycles. The quantitative estimate of drug-likeness (QED) is 0.520. The lowest BCUT2D eigenvalue weighted by atomic mass is 9.99. The Morgan fingerprint density at radius 2 is 1.78 bits per heavy atom. The van der Waals surface area contributed by atoms with Crippen LogP contribution >= 0.6 is 0 Å². The average molecular weight is 425 g/mol. The smallest absolute Gasteiger partial charge is 0.118 e. The number of nitrogens with two attached hydrogens (primary N) is 1. The Balaban J connectivity index is 1.35. The molecular weight excluding hydrogens is 396 g/mol. The number of aromatic amines is 1. The zero-order valence-corrected chi connectivity index (χ0v) is 18.4. The summed E-state index contributed by atoms with van der Waals surface area (Å²) in [7, 11) is 2.18. The summed E-state index contributed by atoms with van der Waals surface area (Å²) in [5, 5.41) is 7.77. The molecule has 1 atom stereocenters. The highest BCUT2D eigenvalue weighted by molar-refractivity contribution is 5.91. The van der Waals surface area contributed by atoms with E-state index in [2.05, 4.69) is 81.6 Å². The average Bonchev–Trinajstić information content (AvgIpc) is 3.43. The highest BCUT2D eigenvalue weighted by Crippen LogP contribution is 2.37. The van der Waals surface area contributed by atoms with Gasteiger partial charge in [0.15, 0.2) is 0 Å². The van der Waals surface area contributed by atoms with Gasteiger partial charge in [-0.15, -0.1) is 0 Å². The van der Waals surface area contributed by atoms with Gasteiger partial charge in [-0.3, -0.25) is 5.10 Å². The first-order chi connectivity index (χ1) is 15.7. The lowest BCUT2D eigenvalue weighted by molar-refractivity contribution is 0.313. The minimum absolute atomic E-state index is 0.136. The van der Waals surface area contributed by atoms with E-state index < -0.39 is 0 Å². The van der Waals surface area contributed by atoms with Crippen LogP contribution in [0.5, 0.6) is 0 Å². The van der Waals surface area contributed by atoms with Crippen molar-refractivity contribution in [3.63, 3.8) is 0 Å². The predicted octanol–water partition coefficient (Wildman–Crippen LogP) is 3.99. The first-order valence-corrected chi connectivity index (χ1v) is 11.4. The van der Waals surface area contributed by atoms with Gasteiger partial charge in [0.25, 0.3) is 0 Å². The third kappa shape index (κ3) is 3.27. The normalized spacial score (nSPS) is 18.9. The molecule has 0 spiro atoms. The van der Waals surface area contributed by atoms with E-state index in [9.17, 15) is 0 Å². The molecule has 1 saturated heterocycles. The maximum atomic E-state index is 6.30. The molecule has 162 valence electrons. The lowest BCUT2D eigenvalue weighted by Gasteiger charge is -2.34. The first kappa shape index (κ1) is 19.5. The fraction of sp³-hybridized carbons (Fsp3) is 0.308. The highest BCUT2D eigenvalue weighted by Gasteiger charge is 2.23. The maximum absolute atomic E-state index is 6.30. The third-order valence-electron chi connectivity index (χ3n) is 7.01. The van der Waals surface area contributed by atoms with Gasteiger partial charge >= 0.3 is 0 Å². The Morgan fingerprint density at radius 1 is 0.969 bits per heavy atom. The predicted molar refractivity (Wildman–Crippen MR) is 130 cm³/mol. The molecule has 6 rings (SSSR count). The van der Waals surface area contributed by atoms with E-state index >= 15 is 0 Å². The number of anilines is 1. The molecular formula is C26H28N6. The van der Waals surface area contributed by atoms with E-state index in [0.29, 0.717) is 0 Å². The summed E-state index contributed by atoms with van der Waals surface area (Å²) in [6, 6.07) is 19.5. The van der Waals surface area contributed by atoms with Crippen molar-refractivity contribution in [3.05, 3.63) is 65.7 Å². The van der Waals surface area contributed by atoms with Crippen molar-refractivity contribution in [1.29, 1.82) is 0 Å². The number of piperazine rings is 1. The number of hydrogen-bond acceptors (Lipinski definition) is 5. The summed E-state index contributed by atoms with van der Waals surface area (Å²) in [6.45, 7) is 4.34. The van der Waals surface area contributed by atoms with Crippen LogP contribution in [0, 0.1) is 0 Å². The standard InChI is InChI=1S/C26H28N6/c1-31-13-15-32(16-14-31)18-7-5-17(6-8-18)25-26-24(29-30-25)12-11-23(28-26)21-4-2-3-20-19(21)9-10-22(20)27/h2-8,11-12,22H,9-10,13-16,27H2,1H3,(H,29,30). The Hall–Kier alpha value is -3.22. The van der Waals surface area contributed by atoms with Gasteiger partial charge in [0.2, 0.25) is 0 Å². The van der Waals surface area contributed by atoms with Crippen LogP contribution in [0.3, 0.4) is 0 Å². The molecule has 4 aromatic rings. The molecule has 0 saturated carbocycles. The van der Waals surface area contributed by atoms with Gasteiger partial charge in [0.1, 0.15) is 11.2 Å². The lowest BCUT2D eigenvalue weighted by Crippen LogP contribution is -2.44. The molecule has 0 amide bonds. The number of fused-ring (bicyclic) bond motifs is 2. The Labute approximate surface area is 188 Å². The number of rotatable bonds is 3. The zero-order valence-electron chi connectivity index (χ0n) is 18.4. The van der Waals surface area contributed by atoms with Crippen molar-refractivity contribution in [2.45, 2.75) is 18.9 Å². The molecule has 1 aliphatic carbocycles. The van der Waals surface area contributed by atoms with Gasteiger partial charge in [-0.05, 0) is 55.3 Å². The number of nitrogens with zero attached hydrogens (tertiary/aromatic N) is 4. The molecule has 6 heteroatoms. The minimum Gasteiger partial charge on any atom is -0.369 e. The minimum atomic E-state index is 0.136. The van der Waals surface area contributed by atoms with Crippen LogP contribution in [0.15, 0.2) is 54.6 Å². The van der Waals surface area contributed by atoms with Gasteiger partial charge < -0.3 is 15.5 Å². The van der Waals surface area contributed by atoms with Gasteiger partial charge in [-0.1, -0.05) is 30.3 Å². The second kappa shape index (κ2) is 7.73. The Kier molecular flexibility index (Phi) is 4.70. The summed E-state index contributed by atoms with van der Waals surface area (Å²) in [5.41, 5.74) is 16.2. The van der Waals surface area contributed by atoms with Crippen molar-refractivity contribution < 1.29 is 0 Å². The van der Waals surface area contributed by atoms with Crippen LogP contribution in [0.25, 0.3) is 33.5 Å². The topological polar surface area (TPSA) is 74.1 Å². The molecule has 2 aliphatic rings. The second-order valence-electron chi connectivity index (χ2n) is 9.02. The van der Waals surface area contributed by atoms with Crippen molar-refractivity contribution in [3.8, 4) is 22.5 Å². The zero-order chi connectivity index (χ0) is 21.7. The van der Waals surface area contributed by atoms with Crippen molar-refractivity contribution in [1.82, 2.24) is 20.1 Å². The molecule has 3 N–H and O–H groups in total. The summed E-state index contributed by atoms with van der Waals surface area (Å²) in [5.74, 6) is 0. The summed E-state index contributed by atoms with van der Waals surface area (Å²) < 4.78 is 0. The molecule has 1 aliphatic heterocycles. The molecule has 2 aromatic carbocycles. The fourth-order valence-corrected chi connectivity index (χ4v) is 5.07. The number of H-pyrrole nitrogens is 1. The molecule has 0 radical (unpaired) electrons. The number of benzene rings is 2. The number of nitrogens with one attached hydrogen (secondary N) is 1. The van der Waals surface area contributed by atoms with Crippen LogP contribution in [0.1, 0.15) is 23.6 Å². The molecule has 32 heavy (non-hydrogen) atoms. The van der Waals surface area contributed by atoms with E-state index in [0.717, 1.165) is 67.0 Å². The van der Waals surface area contributed by atoms with Crippen molar-refractivity contribution in [2.24, 2.45) is 5.73 Å². The van der Waals surface area contributed by atoms with Gasteiger partial charge in [0, 0.05) is 49.0 Å². The molecule has 1 fully saturated rings. The summed E-state index contributed by atoms with van der Waals surface area (Å²) in [6.07, 6.45) is 2.02. The molecule has 6 nitrogen and oxygen atoms in total. The third-order valence-corrected chi connectivity index (χ3v) is 7.01. The summed E-state index contributed by atoms with van der Waals surface area (Å²) >= 11 is 0. The maximum Gasteiger partial charge on any atom is 0.118 e. The SMILES string of the molecule is CN1CCN(c2ccc(-c3n[nH]c4ccc(-c5cccc6c5CCC6N)nc34)cc2)CC1. The largest absolute Gasteiger partial charge is 0.369 e. The van der Waals surface area contributed by atoms with E-state index in [1.807, 2.05) is 0 Å². The number of hydrogen-bond donors (Lipinski definition) is 2. The van der Waals surface area contributed by atoms with E-state index in [1.165, 1.54) is 22.4 Å². The number of likely N-dealkylation sites (N-methyl/N-ethyl adjacent to an activating group) is 1. The van der Waals surface area contributed by atoms with Crippen LogP contribution in [-0.4, -0.2) is 53.3 Å². The molecule has 0 bridgehead atoms. The monoisotopic (exact) mass is 424 g/mol. The highest BCUT2D eigenvalue weighted by atomic mass is 15.2. The Bertz CT molecular complexity index is 1270.